The molecule has 0 N–H and O–H groups in total. The zero-order valence-electron chi connectivity index (χ0n) is 19.0. The fourth-order valence-corrected chi connectivity index (χ4v) is 5.42. The number of rotatable bonds is 5. The maximum absolute atomic E-state index is 13.4. The van der Waals surface area contributed by atoms with Crippen molar-refractivity contribution in [2.24, 2.45) is 0 Å². The highest BCUT2D eigenvalue weighted by molar-refractivity contribution is 5.95. The molecule has 0 unspecified atom stereocenters. The van der Waals surface area contributed by atoms with Crippen molar-refractivity contribution in [1.82, 2.24) is 19.7 Å². The maximum Gasteiger partial charge on any atom is 0.255 e. The lowest BCUT2D eigenvalue weighted by Crippen LogP contribution is -2.51. The number of aromatic nitrogens is 1. The maximum atomic E-state index is 13.4. The first-order valence-electron chi connectivity index (χ1n) is 11.8. The number of aryl methyl sites for hydroxylation is 1. The van der Waals surface area contributed by atoms with Crippen molar-refractivity contribution in [3.05, 3.63) is 29.1 Å². The van der Waals surface area contributed by atoms with Gasteiger partial charge in [0, 0.05) is 64.0 Å². The van der Waals surface area contributed by atoms with E-state index in [1.54, 1.807) is 7.11 Å². The molecule has 170 valence electrons. The van der Waals surface area contributed by atoms with Gasteiger partial charge in [0.25, 0.3) is 5.91 Å². The van der Waals surface area contributed by atoms with Crippen molar-refractivity contribution < 1.29 is 14.3 Å². The van der Waals surface area contributed by atoms with E-state index < -0.39 is 0 Å². The summed E-state index contributed by atoms with van der Waals surface area (Å²) in [5, 5.41) is 0. The Balaban J connectivity index is 1.41. The summed E-state index contributed by atoms with van der Waals surface area (Å²) in [6, 6.07) is 4.63. The van der Waals surface area contributed by atoms with Gasteiger partial charge >= 0.3 is 0 Å². The van der Waals surface area contributed by atoms with Crippen molar-refractivity contribution in [3.8, 4) is 0 Å². The minimum atomic E-state index is 0.0367. The minimum Gasteiger partial charge on any atom is -0.375 e. The molecule has 0 aromatic carbocycles. The Bertz CT molecular complexity index is 777. The van der Waals surface area contributed by atoms with E-state index in [1.807, 2.05) is 28.9 Å². The van der Waals surface area contributed by atoms with Crippen LogP contribution in [-0.4, -0.2) is 90.5 Å². The van der Waals surface area contributed by atoms with Gasteiger partial charge in [-0.2, -0.15) is 0 Å². The number of likely N-dealkylation sites (tertiary alicyclic amines) is 1. The normalized spacial score (nSPS) is 21.6. The summed E-state index contributed by atoms with van der Waals surface area (Å²) in [6.45, 7) is 7.04. The van der Waals surface area contributed by atoms with Gasteiger partial charge in [0.2, 0.25) is 5.91 Å². The molecule has 7 nitrogen and oxygen atoms in total. The van der Waals surface area contributed by atoms with Gasteiger partial charge in [-0.3, -0.25) is 19.5 Å². The molecule has 0 spiro atoms. The Morgan fingerprint density at radius 1 is 0.968 bits per heavy atom. The Morgan fingerprint density at radius 2 is 1.65 bits per heavy atom. The van der Waals surface area contributed by atoms with Crippen LogP contribution < -0.4 is 0 Å². The van der Waals surface area contributed by atoms with Crippen LogP contribution in [0.3, 0.4) is 0 Å². The van der Waals surface area contributed by atoms with Crippen LogP contribution in [0, 0.1) is 6.92 Å². The first-order chi connectivity index (χ1) is 15.1. The molecule has 1 aromatic rings. The molecular formula is C24H36N4O3. The van der Waals surface area contributed by atoms with Crippen LogP contribution in [0.2, 0.25) is 0 Å². The average Bonchev–Trinajstić information content (AvgIpc) is 3.34. The lowest BCUT2D eigenvalue weighted by atomic mass is 9.89. The van der Waals surface area contributed by atoms with Crippen molar-refractivity contribution in [1.29, 1.82) is 0 Å². The van der Waals surface area contributed by atoms with E-state index in [2.05, 4.69) is 4.90 Å². The predicted octanol–water partition coefficient (Wildman–Crippen LogP) is 2.44. The van der Waals surface area contributed by atoms with Crippen molar-refractivity contribution in [2.45, 2.75) is 57.4 Å². The number of hydrogen-bond acceptors (Lipinski definition) is 5. The highest BCUT2D eigenvalue weighted by Gasteiger charge is 2.32. The van der Waals surface area contributed by atoms with Crippen molar-refractivity contribution >= 4 is 11.8 Å². The molecule has 31 heavy (non-hydrogen) atoms. The van der Waals surface area contributed by atoms with Gasteiger partial charge in [0.05, 0.1) is 11.3 Å². The third kappa shape index (κ3) is 5.09. The summed E-state index contributed by atoms with van der Waals surface area (Å²) in [5.74, 6) is 0.367. The molecular weight excluding hydrogens is 392 g/mol. The van der Waals surface area contributed by atoms with E-state index in [-0.39, 0.29) is 24.3 Å². The Morgan fingerprint density at radius 3 is 2.29 bits per heavy atom. The molecule has 0 bridgehead atoms. The zero-order valence-corrected chi connectivity index (χ0v) is 19.0. The molecule has 4 rings (SSSR count). The number of nitrogens with zero attached hydrogens (tertiary/aromatic N) is 4. The number of pyridine rings is 1. The second kappa shape index (κ2) is 10.1. The van der Waals surface area contributed by atoms with E-state index in [0.717, 1.165) is 62.0 Å². The lowest BCUT2D eigenvalue weighted by molar-refractivity contribution is -0.136. The molecule has 0 atom stereocenters. The number of methoxy groups -OCH3 is 1. The number of carbonyl (C=O) groups excluding carboxylic acids is 2. The van der Waals surface area contributed by atoms with Crippen LogP contribution >= 0.6 is 0 Å². The van der Waals surface area contributed by atoms with Crippen LogP contribution in [0.25, 0.3) is 0 Å². The number of piperidine rings is 1. The lowest BCUT2D eigenvalue weighted by Gasteiger charge is -2.38. The fourth-order valence-electron chi connectivity index (χ4n) is 5.42. The molecule has 7 heteroatoms. The molecule has 0 radical (unpaired) electrons. The number of ether oxygens (including phenoxy) is 1. The third-order valence-electron chi connectivity index (χ3n) is 7.24. The Kier molecular flexibility index (Phi) is 7.23. The smallest absolute Gasteiger partial charge is 0.255 e. The summed E-state index contributed by atoms with van der Waals surface area (Å²) in [7, 11) is 1.55. The first kappa shape index (κ1) is 22.2. The second-order valence-corrected chi connectivity index (χ2v) is 9.24. The summed E-state index contributed by atoms with van der Waals surface area (Å²) >= 11 is 0. The molecule has 3 fully saturated rings. The highest BCUT2D eigenvalue weighted by Crippen LogP contribution is 2.31. The first-order valence-corrected chi connectivity index (χ1v) is 11.8. The topological polar surface area (TPSA) is 66.0 Å². The predicted molar refractivity (Wildman–Crippen MR) is 119 cm³/mol. The van der Waals surface area contributed by atoms with Crippen LogP contribution in [0.5, 0.6) is 0 Å². The molecule has 2 amide bonds. The SMILES string of the molecule is COCC(=O)N1CCC(c2nc(C)ccc2C(=O)N2CCN(C3CCCC3)CC2)CC1. The monoisotopic (exact) mass is 428 g/mol. The Labute approximate surface area is 185 Å². The summed E-state index contributed by atoms with van der Waals surface area (Å²) < 4.78 is 4.98. The fraction of sp³-hybridized carbons (Fsp3) is 0.708. The Hall–Kier alpha value is -1.99. The largest absolute Gasteiger partial charge is 0.375 e. The quantitative estimate of drug-likeness (QED) is 0.721. The number of hydrogen-bond donors (Lipinski definition) is 0. The van der Waals surface area contributed by atoms with E-state index in [9.17, 15) is 9.59 Å². The van der Waals surface area contributed by atoms with Gasteiger partial charge < -0.3 is 14.5 Å². The van der Waals surface area contributed by atoms with E-state index in [4.69, 9.17) is 9.72 Å². The van der Waals surface area contributed by atoms with Crippen molar-refractivity contribution in [2.75, 3.05) is 53.0 Å². The molecule has 1 saturated carbocycles. The van der Waals surface area contributed by atoms with Gasteiger partial charge in [0.1, 0.15) is 6.61 Å². The molecule has 3 heterocycles. The number of amides is 2. The van der Waals surface area contributed by atoms with Gasteiger partial charge in [-0.05, 0) is 44.7 Å². The van der Waals surface area contributed by atoms with Crippen LogP contribution in [0.1, 0.15) is 66.2 Å². The van der Waals surface area contributed by atoms with E-state index in [0.29, 0.717) is 13.1 Å². The second-order valence-electron chi connectivity index (χ2n) is 9.24. The molecule has 2 aliphatic heterocycles. The minimum absolute atomic E-state index is 0.0367. The standard InChI is InChI=1S/C24H36N4O3/c1-18-7-8-21(23(25-18)19-9-11-27(12-10-19)22(29)17-31-2)24(30)28-15-13-26(14-16-28)20-5-3-4-6-20/h7-8,19-20H,3-6,9-17H2,1-2H3. The van der Waals surface area contributed by atoms with E-state index >= 15 is 0 Å². The summed E-state index contributed by atoms with van der Waals surface area (Å²) in [5.41, 5.74) is 2.61. The number of carbonyl (C=O) groups is 2. The molecule has 1 aliphatic carbocycles. The van der Waals surface area contributed by atoms with Crippen LogP contribution in [-0.2, 0) is 9.53 Å². The van der Waals surface area contributed by atoms with E-state index in [1.165, 1.54) is 25.7 Å². The molecule has 3 aliphatic rings. The van der Waals surface area contributed by atoms with Crippen LogP contribution in [0.15, 0.2) is 12.1 Å². The molecule has 1 aromatic heterocycles. The average molecular weight is 429 g/mol. The summed E-state index contributed by atoms with van der Waals surface area (Å²) in [6.07, 6.45) is 6.98. The number of piperazine rings is 1. The van der Waals surface area contributed by atoms with Gasteiger partial charge in [-0.25, -0.2) is 0 Å². The highest BCUT2D eigenvalue weighted by atomic mass is 16.5. The van der Waals surface area contributed by atoms with Gasteiger partial charge in [0.15, 0.2) is 0 Å². The molecule has 2 saturated heterocycles. The zero-order chi connectivity index (χ0) is 21.8. The van der Waals surface area contributed by atoms with Gasteiger partial charge in [-0.1, -0.05) is 12.8 Å². The third-order valence-corrected chi connectivity index (χ3v) is 7.24. The van der Waals surface area contributed by atoms with Crippen molar-refractivity contribution in [3.63, 3.8) is 0 Å². The van der Waals surface area contributed by atoms with Crippen LogP contribution in [0.4, 0.5) is 0 Å². The van der Waals surface area contributed by atoms with Gasteiger partial charge in [-0.15, -0.1) is 0 Å². The summed E-state index contributed by atoms with van der Waals surface area (Å²) in [4.78, 5) is 36.8.